The second-order valence-corrected chi connectivity index (χ2v) is 7.22. The number of esters is 1. The SMILES string of the molecule is COc1cc(C=NNC(=O)c2ccccc2Br)ccc1OC(=O)c1ccccc1Cl. The molecule has 3 aromatic carbocycles. The van der Waals surface area contributed by atoms with E-state index < -0.39 is 5.97 Å². The summed E-state index contributed by atoms with van der Waals surface area (Å²) in [4.78, 5) is 24.5. The van der Waals surface area contributed by atoms with E-state index in [1.54, 1.807) is 60.7 Å². The third kappa shape index (κ3) is 5.25. The first-order valence-corrected chi connectivity index (χ1v) is 9.89. The molecule has 3 rings (SSSR count). The maximum Gasteiger partial charge on any atom is 0.345 e. The molecule has 0 radical (unpaired) electrons. The Balaban J connectivity index is 1.70. The first kappa shape index (κ1) is 21.5. The van der Waals surface area contributed by atoms with Crippen LogP contribution in [0.2, 0.25) is 5.02 Å². The van der Waals surface area contributed by atoms with E-state index in [0.29, 0.717) is 26.4 Å². The van der Waals surface area contributed by atoms with Crippen LogP contribution in [0, 0.1) is 0 Å². The van der Waals surface area contributed by atoms with Crippen molar-refractivity contribution in [1.29, 1.82) is 0 Å². The first-order valence-electron chi connectivity index (χ1n) is 8.72. The largest absolute Gasteiger partial charge is 0.493 e. The second kappa shape index (κ2) is 10.0. The molecule has 0 atom stereocenters. The second-order valence-electron chi connectivity index (χ2n) is 5.96. The Morgan fingerprint density at radius 1 is 1.00 bits per heavy atom. The number of methoxy groups -OCH3 is 1. The fourth-order valence-electron chi connectivity index (χ4n) is 2.50. The van der Waals surface area contributed by atoms with E-state index in [0.717, 1.165) is 0 Å². The van der Waals surface area contributed by atoms with E-state index in [1.165, 1.54) is 13.3 Å². The Kier molecular flexibility index (Phi) is 7.21. The maximum absolute atomic E-state index is 12.4. The zero-order valence-electron chi connectivity index (χ0n) is 15.8. The fourth-order valence-corrected chi connectivity index (χ4v) is 3.18. The molecule has 30 heavy (non-hydrogen) atoms. The average molecular weight is 488 g/mol. The molecule has 0 unspecified atom stereocenters. The van der Waals surface area contributed by atoms with Crippen molar-refractivity contribution in [3.8, 4) is 11.5 Å². The summed E-state index contributed by atoms with van der Waals surface area (Å²) < 4.78 is 11.4. The van der Waals surface area contributed by atoms with Crippen LogP contribution < -0.4 is 14.9 Å². The monoisotopic (exact) mass is 486 g/mol. The Morgan fingerprint density at radius 3 is 2.40 bits per heavy atom. The number of nitrogens with one attached hydrogen (secondary N) is 1. The summed E-state index contributed by atoms with van der Waals surface area (Å²) in [6.07, 6.45) is 1.46. The molecule has 0 aliphatic carbocycles. The van der Waals surface area contributed by atoms with Crippen LogP contribution in [0.25, 0.3) is 0 Å². The number of ether oxygens (including phenoxy) is 2. The number of nitrogens with zero attached hydrogens (tertiary/aromatic N) is 1. The minimum absolute atomic E-state index is 0.233. The number of amides is 1. The van der Waals surface area contributed by atoms with Gasteiger partial charge in [-0.3, -0.25) is 4.79 Å². The van der Waals surface area contributed by atoms with Gasteiger partial charge in [-0.2, -0.15) is 5.10 Å². The number of benzene rings is 3. The highest BCUT2D eigenvalue weighted by Crippen LogP contribution is 2.29. The highest BCUT2D eigenvalue weighted by molar-refractivity contribution is 9.10. The fraction of sp³-hybridized carbons (Fsp3) is 0.0455. The molecule has 8 heteroatoms. The van der Waals surface area contributed by atoms with Crippen LogP contribution in [0.1, 0.15) is 26.3 Å². The lowest BCUT2D eigenvalue weighted by Gasteiger charge is -2.10. The molecule has 1 N–H and O–H groups in total. The zero-order chi connectivity index (χ0) is 21.5. The number of carbonyl (C=O) groups excluding carboxylic acids is 2. The van der Waals surface area contributed by atoms with E-state index in [2.05, 4.69) is 26.5 Å². The van der Waals surface area contributed by atoms with Crippen molar-refractivity contribution in [2.75, 3.05) is 7.11 Å². The van der Waals surface area contributed by atoms with Crippen LogP contribution in [-0.2, 0) is 0 Å². The van der Waals surface area contributed by atoms with Gasteiger partial charge in [0.15, 0.2) is 11.5 Å². The lowest BCUT2D eigenvalue weighted by Crippen LogP contribution is -2.18. The third-order valence-electron chi connectivity index (χ3n) is 3.98. The van der Waals surface area contributed by atoms with Crippen molar-refractivity contribution in [3.63, 3.8) is 0 Å². The molecule has 0 bridgehead atoms. The van der Waals surface area contributed by atoms with Crippen molar-refractivity contribution < 1.29 is 19.1 Å². The normalized spacial score (nSPS) is 10.6. The van der Waals surface area contributed by atoms with Gasteiger partial charge in [0.05, 0.1) is 29.5 Å². The summed E-state index contributed by atoms with van der Waals surface area (Å²) in [6, 6.07) is 18.5. The topological polar surface area (TPSA) is 77.0 Å². The zero-order valence-corrected chi connectivity index (χ0v) is 18.1. The summed E-state index contributed by atoms with van der Waals surface area (Å²) in [6.45, 7) is 0. The molecular weight excluding hydrogens is 472 g/mol. The molecule has 1 amide bonds. The smallest absolute Gasteiger partial charge is 0.345 e. The van der Waals surface area contributed by atoms with E-state index in [9.17, 15) is 9.59 Å². The summed E-state index contributed by atoms with van der Waals surface area (Å²) >= 11 is 9.36. The Hall–Kier alpha value is -3.16. The quantitative estimate of drug-likeness (QED) is 0.227. The van der Waals surface area contributed by atoms with Gasteiger partial charge in [-0.15, -0.1) is 0 Å². The van der Waals surface area contributed by atoms with E-state index >= 15 is 0 Å². The van der Waals surface area contributed by atoms with Crippen LogP contribution in [0.4, 0.5) is 0 Å². The van der Waals surface area contributed by atoms with Crippen molar-refractivity contribution in [3.05, 3.63) is 92.9 Å². The van der Waals surface area contributed by atoms with Gasteiger partial charge in [0.1, 0.15) is 0 Å². The van der Waals surface area contributed by atoms with Crippen LogP contribution in [-0.4, -0.2) is 25.2 Å². The van der Waals surface area contributed by atoms with Gasteiger partial charge in [-0.1, -0.05) is 35.9 Å². The molecule has 0 saturated carbocycles. The standard InChI is InChI=1S/C22H16BrClN2O4/c1-29-20-12-14(13-25-26-21(27)15-6-2-4-8-17(15)23)10-11-19(20)30-22(28)16-7-3-5-9-18(16)24/h2-13H,1H3,(H,26,27). The Labute approximate surface area is 186 Å². The molecule has 152 valence electrons. The van der Waals surface area contributed by atoms with Gasteiger partial charge in [0.2, 0.25) is 0 Å². The van der Waals surface area contributed by atoms with Crippen molar-refractivity contribution in [2.45, 2.75) is 0 Å². The first-order chi connectivity index (χ1) is 14.5. The van der Waals surface area contributed by atoms with Crippen LogP contribution in [0.5, 0.6) is 11.5 Å². The lowest BCUT2D eigenvalue weighted by molar-refractivity contribution is 0.0729. The maximum atomic E-state index is 12.4. The summed E-state index contributed by atoms with van der Waals surface area (Å²) in [5.41, 5.74) is 3.81. The Bertz CT molecular complexity index is 1120. The molecular formula is C22H16BrClN2O4. The predicted molar refractivity (Wildman–Crippen MR) is 119 cm³/mol. The molecule has 0 saturated heterocycles. The van der Waals surface area contributed by atoms with Crippen molar-refractivity contribution in [2.24, 2.45) is 5.10 Å². The third-order valence-corrected chi connectivity index (χ3v) is 5.00. The van der Waals surface area contributed by atoms with Crippen molar-refractivity contribution >= 4 is 45.6 Å². The Morgan fingerprint density at radius 2 is 1.70 bits per heavy atom. The molecule has 0 aliphatic rings. The summed E-state index contributed by atoms with van der Waals surface area (Å²) in [5, 5.41) is 4.26. The van der Waals surface area contributed by atoms with Crippen molar-refractivity contribution in [1.82, 2.24) is 5.43 Å². The van der Waals surface area contributed by atoms with Crippen LogP contribution in [0.3, 0.4) is 0 Å². The van der Waals surface area contributed by atoms with Gasteiger partial charge in [0, 0.05) is 4.47 Å². The van der Waals surface area contributed by atoms with E-state index in [1.807, 2.05) is 6.07 Å². The minimum atomic E-state index is -0.596. The van der Waals surface area contributed by atoms with Gasteiger partial charge >= 0.3 is 5.97 Å². The summed E-state index contributed by atoms with van der Waals surface area (Å²) in [7, 11) is 1.46. The minimum Gasteiger partial charge on any atom is -0.493 e. The summed E-state index contributed by atoms with van der Waals surface area (Å²) in [5.74, 6) is -0.384. The van der Waals surface area contributed by atoms with Gasteiger partial charge in [0.25, 0.3) is 5.91 Å². The predicted octanol–water partition coefficient (Wildman–Crippen LogP) is 5.09. The molecule has 0 fully saturated rings. The molecule has 0 aliphatic heterocycles. The van der Waals surface area contributed by atoms with Crippen LogP contribution >= 0.6 is 27.5 Å². The van der Waals surface area contributed by atoms with E-state index in [-0.39, 0.29) is 17.2 Å². The number of rotatable bonds is 6. The molecule has 0 heterocycles. The van der Waals surface area contributed by atoms with Crippen LogP contribution in [0.15, 0.2) is 76.3 Å². The van der Waals surface area contributed by atoms with E-state index in [4.69, 9.17) is 21.1 Å². The van der Waals surface area contributed by atoms with Gasteiger partial charge in [-0.05, 0) is 64.0 Å². The number of carbonyl (C=O) groups is 2. The lowest BCUT2D eigenvalue weighted by atomic mass is 10.2. The molecule has 3 aromatic rings. The number of hydrogen-bond donors (Lipinski definition) is 1. The van der Waals surface area contributed by atoms with Gasteiger partial charge in [-0.25, -0.2) is 10.2 Å². The highest BCUT2D eigenvalue weighted by Gasteiger charge is 2.15. The van der Waals surface area contributed by atoms with Gasteiger partial charge < -0.3 is 9.47 Å². The molecule has 6 nitrogen and oxygen atoms in total. The molecule has 0 aromatic heterocycles. The number of halogens is 2. The average Bonchev–Trinajstić information content (AvgIpc) is 2.75. The number of hydrogen-bond acceptors (Lipinski definition) is 5. The highest BCUT2D eigenvalue weighted by atomic mass is 79.9. The number of hydrazone groups is 1. The molecule has 0 spiro atoms.